The van der Waals surface area contributed by atoms with Crippen LogP contribution >= 0.6 is 11.6 Å². The minimum Gasteiger partial charge on any atom is -0.298 e. The number of hydrogen-bond donors (Lipinski definition) is 0. The minimum atomic E-state index is -0.585. The zero-order valence-corrected chi connectivity index (χ0v) is 18.3. The second kappa shape index (κ2) is 8.07. The Kier molecular flexibility index (Phi) is 5.66. The van der Waals surface area contributed by atoms with E-state index in [1.807, 2.05) is 25.1 Å². The van der Waals surface area contributed by atoms with Crippen molar-refractivity contribution in [1.29, 1.82) is 0 Å². The Labute approximate surface area is 178 Å². The molecule has 0 radical (unpaired) electrons. The molecule has 3 heteroatoms. The summed E-state index contributed by atoms with van der Waals surface area (Å²) >= 11 is 6.12. The summed E-state index contributed by atoms with van der Waals surface area (Å²) in [4.78, 5) is 26.4. The molecule has 2 aliphatic rings. The van der Waals surface area contributed by atoms with Crippen LogP contribution in [0.4, 0.5) is 0 Å². The number of hydrogen-bond acceptors (Lipinski definition) is 2. The van der Waals surface area contributed by atoms with Crippen LogP contribution in [0.25, 0.3) is 11.1 Å². The average molecular weight is 409 g/mol. The van der Waals surface area contributed by atoms with E-state index in [0.717, 1.165) is 47.1 Å². The molecule has 4 unspecified atom stereocenters. The van der Waals surface area contributed by atoms with Crippen molar-refractivity contribution in [1.82, 2.24) is 0 Å². The van der Waals surface area contributed by atoms with Gasteiger partial charge in [-0.05, 0) is 84.0 Å². The number of Topliss-reactive ketones (excluding diaryl/α,β-unsaturated/α-hetero) is 2. The number of ketones is 2. The summed E-state index contributed by atoms with van der Waals surface area (Å²) in [6.07, 6.45) is 4.59. The Morgan fingerprint density at radius 2 is 1.86 bits per heavy atom. The normalized spacial score (nSPS) is 27.0. The second-order valence-corrected chi connectivity index (χ2v) is 9.45. The molecule has 0 bridgehead atoms. The molecule has 2 aliphatic carbocycles. The van der Waals surface area contributed by atoms with E-state index in [1.54, 1.807) is 0 Å². The largest absolute Gasteiger partial charge is 0.298 e. The standard InChI is InChI=1S/C26H29ClO2/c1-4-17-7-8-19(21-10-9-20(27)12-16(21)3)13-22(17)25-24(28)14-23(26(25)29)18-6-5-15(2)11-18/h7-10,12-13,15,18,23,25H,4-6,11,14H2,1-3H3. The van der Waals surface area contributed by atoms with Gasteiger partial charge in [-0.25, -0.2) is 0 Å². The molecule has 29 heavy (non-hydrogen) atoms. The maximum absolute atomic E-state index is 13.4. The molecule has 0 saturated heterocycles. The minimum absolute atomic E-state index is 0.0805. The molecule has 2 saturated carbocycles. The van der Waals surface area contributed by atoms with Crippen molar-refractivity contribution in [2.24, 2.45) is 17.8 Å². The topological polar surface area (TPSA) is 34.1 Å². The van der Waals surface area contributed by atoms with Crippen molar-refractivity contribution in [3.8, 4) is 11.1 Å². The van der Waals surface area contributed by atoms with E-state index < -0.39 is 5.92 Å². The van der Waals surface area contributed by atoms with Gasteiger partial charge in [0.05, 0.1) is 0 Å². The van der Waals surface area contributed by atoms with Crippen LogP contribution < -0.4 is 0 Å². The van der Waals surface area contributed by atoms with Crippen molar-refractivity contribution in [2.75, 3.05) is 0 Å². The van der Waals surface area contributed by atoms with E-state index >= 15 is 0 Å². The van der Waals surface area contributed by atoms with Gasteiger partial charge < -0.3 is 0 Å². The lowest BCUT2D eigenvalue weighted by atomic mass is 9.83. The lowest BCUT2D eigenvalue weighted by Crippen LogP contribution is -2.21. The Morgan fingerprint density at radius 3 is 2.52 bits per heavy atom. The van der Waals surface area contributed by atoms with E-state index in [0.29, 0.717) is 23.3 Å². The summed E-state index contributed by atoms with van der Waals surface area (Å²) in [5.74, 6) is 0.664. The van der Waals surface area contributed by atoms with Crippen molar-refractivity contribution >= 4 is 23.2 Å². The first-order chi connectivity index (χ1) is 13.9. The highest BCUT2D eigenvalue weighted by Gasteiger charge is 2.47. The molecule has 0 heterocycles. The van der Waals surface area contributed by atoms with E-state index in [4.69, 9.17) is 11.6 Å². The molecule has 2 nitrogen and oxygen atoms in total. The first-order valence-electron chi connectivity index (χ1n) is 10.8. The van der Waals surface area contributed by atoms with Gasteiger partial charge >= 0.3 is 0 Å². The highest BCUT2D eigenvalue weighted by molar-refractivity contribution is 6.30. The van der Waals surface area contributed by atoms with Gasteiger partial charge in [0, 0.05) is 17.4 Å². The Bertz CT molecular complexity index is 961. The van der Waals surface area contributed by atoms with E-state index in [-0.39, 0.29) is 17.5 Å². The summed E-state index contributed by atoms with van der Waals surface area (Å²) in [5, 5.41) is 0.714. The first-order valence-corrected chi connectivity index (χ1v) is 11.2. The molecular weight excluding hydrogens is 380 g/mol. The number of aryl methyl sites for hydroxylation is 2. The summed E-state index contributed by atoms with van der Waals surface area (Å²) in [5.41, 5.74) is 5.26. The quantitative estimate of drug-likeness (QED) is 0.537. The predicted molar refractivity (Wildman–Crippen MR) is 118 cm³/mol. The van der Waals surface area contributed by atoms with E-state index in [2.05, 4.69) is 32.0 Å². The van der Waals surface area contributed by atoms with Crippen molar-refractivity contribution in [2.45, 2.75) is 58.8 Å². The lowest BCUT2D eigenvalue weighted by molar-refractivity contribution is -0.125. The van der Waals surface area contributed by atoms with Crippen LogP contribution in [0.3, 0.4) is 0 Å². The number of benzene rings is 2. The third-order valence-corrected chi connectivity index (χ3v) is 7.27. The molecular formula is C26H29ClO2. The Morgan fingerprint density at radius 1 is 1.07 bits per heavy atom. The summed E-state index contributed by atoms with van der Waals surface area (Å²) in [6.45, 7) is 6.38. The fraction of sp³-hybridized carbons (Fsp3) is 0.462. The third-order valence-electron chi connectivity index (χ3n) is 7.03. The zero-order chi connectivity index (χ0) is 20.7. The highest BCUT2D eigenvalue weighted by Crippen LogP contribution is 2.45. The molecule has 152 valence electrons. The molecule has 0 aliphatic heterocycles. The van der Waals surface area contributed by atoms with Gasteiger partial charge in [-0.3, -0.25) is 9.59 Å². The fourth-order valence-electron chi connectivity index (χ4n) is 5.45. The van der Waals surface area contributed by atoms with Crippen LogP contribution in [0.5, 0.6) is 0 Å². The third kappa shape index (κ3) is 3.80. The van der Waals surface area contributed by atoms with Gasteiger partial charge in [-0.2, -0.15) is 0 Å². The summed E-state index contributed by atoms with van der Waals surface area (Å²) in [7, 11) is 0. The number of carbonyl (C=O) groups excluding carboxylic acids is 2. The van der Waals surface area contributed by atoms with Crippen molar-refractivity contribution in [3.05, 3.63) is 58.1 Å². The predicted octanol–water partition coefficient (Wildman–Crippen LogP) is 6.56. The monoisotopic (exact) mass is 408 g/mol. The molecule has 0 amide bonds. The van der Waals surface area contributed by atoms with Gasteiger partial charge in [0.2, 0.25) is 0 Å². The molecule has 2 aromatic carbocycles. The van der Waals surface area contributed by atoms with Crippen molar-refractivity contribution < 1.29 is 9.59 Å². The van der Waals surface area contributed by atoms with Crippen molar-refractivity contribution in [3.63, 3.8) is 0 Å². The van der Waals surface area contributed by atoms with E-state index in [1.165, 1.54) is 6.42 Å². The molecule has 2 fully saturated rings. The molecule has 0 spiro atoms. The van der Waals surface area contributed by atoms with E-state index in [9.17, 15) is 9.59 Å². The van der Waals surface area contributed by atoms with Gasteiger partial charge in [-0.1, -0.05) is 50.1 Å². The lowest BCUT2D eigenvalue weighted by Gasteiger charge is -2.19. The van der Waals surface area contributed by atoms with Gasteiger partial charge in [-0.15, -0.1) is 0 Å². The van der Waals surface area contributed by atoms with Gasteiger partial charge in [0.25, 0.3) is 0 Å². The van der Waals surface area contributed by atoms with Gasteiger partial charge in [0.15, 0.2) is 5.78 Å². The Balaban J connectivity index is 1.71. The van der Waals surface area contributed by atoms with Crippen LogP contribution in [-0.2, 0) is 16.0 Å². The maximum atomic E-state index is 13.4. The van der Waals surface area contributed by atoms with Crippen LogP contribution in [0, 0.1) is 24.7 Å². The molecule has 4 rings (SSSR count). The van der Waals surface area contributed by atoms with Crippen LogP contribution in [0.1, 0.15) is 62.1 Å². The first kappa shape index (κ1) is 20.3. The smallest absolute Gasteiger partial charge is 0.151 e. The van der Waals surface area contributed by atoms with Crippen LogP contribution in [-0.4, -0.2) is 11.6 Å². The van der Waals surface area contributed by atoms with Crippen LogP contribution in [0.15, 0.2) is 36.4 Å². The molecule has 0 N–H and O–H groups in total. The number of halogens is 1. The summed E-state index contributed by atoms with van der Waals surface area (Å²) < 4.78 is 0. The second-order valence-electron chi connectivity index (χ2n) is 9.02. The number of carbonyl (C=O) groups is 2. The fourth-order valence-corrected chi connectivity index (χ4v) is 5.68. The Hall–Kier alpha value is -1.93. The van der Waals surface area contributed by atoms with Gasteiger partial charge in [0.1, 0.15) is 11.7 Å². The SMILES string of the molecule is CCc1ccc(-c2ccc(Cl)cc2C)cc1C1C(=O)CC(C2CCC(C)C2)C1=O. The zero-order valence-electron chi connectivity index (χ0n) is 17.5. The van der Waals surface area contributed by atoms with Crippen LogP contribution in [0.2, 0.25) is 5.02 Å². The maximum Gasteiger partial charge on any atom is 0.151 e. The molecule has 2 aromatic rings. The number of rotatable bonds is 4. The molecule has 4 atom stereocenters. The summed E-state index contributed by atoms with van der Waals surface area (Å²) in [6, 6.07) is 12.1. The average Bonchev–Trinajstić information content (AvgIpc) is 3.24. The highest BCUT2D eigenvalue weighted by atomic mass is 35.5. The molecule has 0 aromatic heterocycles.